The van der Waals surface area contributed by atoms with Gasteiger partial charge in [-0.05, 0) is 31.0 Å². The highest BCUT2D eigenvalue weighted by atomic mass is 35.5. The molecular weight excluding hydrogens is 236 g/mol. The fraction of sp³-hybridized carbons (Fsp3) is 0.462. The number of nitrogens with one attached hydrogen (secondary N) is 2. The van der Waals surface area contributed by atoms with E-state index in [4.69, 9.17) is 0 Å². The van der Waals surface area contributed by atoms with E-state index in [1.165, 1.54) is 18.4 Å². The Labute approximate surface area is 108 Å². The fourth-order valence-corrected chi connectivity index (χ4v) is 2.22. The number of benzene rings is 1. The summed E-state index contributed by atoms with van der Waals surface area (Å²) in [6, 6.07) is 8.42. The number of para-hydroxylation sites is 1. The van der Waals surface area contributed by atoms with Crippen LogP contribution in [-0.4, -0.2) is 12.5 Å². The second-order valence-electron chi connectivity index (χ2n) is 4.27. The van der Waals surface area contributed by atoms with Gasteiger partial charge in [0.25, 0.3) is 0 Å². The molecular formula is C13H19ClN2O. The molecule has 2 N–H and O–H groups in total. The Morgan fingerprint density at radius 2 is 2.12 bits per heavy atom. The van der Waals surface area contributed by atoms with Crippen molar-refractivity contribution in [2.24, 2.45) is 0 Å². The van der Waals surface area contributed by atoms with Crippen molar-refractivity contribution in [1.29, 1.82) is 0 Å². The molecule has 1 aliphatic rings. The van der Waals surface area contributed by atoms with E-state index in [0.29, 0.717) is 6.04 Å². The summed E-state index contributed by atoms with van der Waals surface area (Å²) in [5.74, 6) is -0.0109. The molecule has 2 rings (SSSR count). The van der Waals surface area contributed by atoms with Gasteiger partial charge in [0.15, 0.2) is 0 Å². The van der Waals surface area contributed by atoms with E-state index in [2.05, 4.69) is 16.7 Å². The largest absolute Gasteiger partial charge is 0.326 e. The molecule has 0 spiro atoms. The third-order valence-corrected chi connectivity index (χ3v) is 2.96. The van der Waals surface area contributed by atoms with Crippen LogP contribution in [0.2, 0.25) is 0 Å². The summed E-state index contributed by atoms with van der Waals surface area (Å²) in [7, 11) is 0. The Morgan fingerprint density at radius 3 is 2.76 bits per heavy atom. The number of amides is 1. The van der Waals surface area contributed by atoms with Gasteiger partial charge in [-0.3, -0.25) is 4.79 Å². The third kappa shape index (κ3) is 3.72. The minimum absolute atomic E-state index is 0. The number of anilines is 1. The van der Waals surface area contributed by atoms with Crippen molar-refractivity contribution >= 4 is 24.0 Å². The molecule has 1 aromatic rings. The monoisotopic (exact) mass is 254 g/mol. The number of piperidine rings is 1. The van der Waals surface area contributed by atoms with Crippen LogP contribution in [0.1, 0.15) is 37.8 Å². The van der Waals surface area contributed by atoms with Crippen LogP contribution in [-0.2, 0) is 4.79 Å². The predicted octanol–water partition coefficient (Wildman–Crippen LogP) is 2.88. The highest BCUT2D eigenvalue weighted by Crippen LogP contribution is 2.28. The molecule has 0 bridgehead atoms. The van der Waals surface area contributed by atoms with Gasteiger partial charge < -0.3 is 10.6 Å². The first-order chi connectivity index (χ1) is 7.77. The molecule has 1 fully saturated rings. The molecule has 17 heavy (non-hydrogen) atoms. The van der Waals surface area contributed by atoms with Gasteiger partial charge in [-0.25, -0.2) is 0 Å². The van der Waals surface area contributed by atoms with Crippen LogP contribution in [0.5, 0.6) is 0 Å². The van der Waals surface area contributed by atoms with Crippen molar-refractivity contribution in [2.75, 3.05) is 11.9 Å². The van der Waals surface area contributed by atoms with Gasteiger partial charge in [0.05, 0.1) is 0 Å². The summed E-state index contributed by atoms with van der Waals surface area (Å²) in [4.78, 5) is 11.1. The molecule has 1 aromatic carbocycles. The normalized spacial score (nSPS) is 19.2. The molecule has 0 aliphatic carbocycles. The van der Waals surface area contributed by atoms with Gasteiger partial charge in [-0.2, -0.15) is 0 Å². The van der Waals surface area contributed by atoms with Gasteiger partial charge in [-0.15, -0.1) is 12.4 Å². The summed E-state index contributed by atoms with van der Waals surface area (Å²) < 4.78 is 0. The van der Waals surface area contributed by atoms with Crippen LogP contribution in [0.15, 0.2) is 24.3 Å². The van der Waals surface area contributed by atoms with Crippen LogP contribution in [0.25, 0.3) is 0 Å². The third-order valence-electron chi connectivity index (χ3n) is 2.96. The Kier molecular flexibility index (Phi) is 5.45. The lowest BCUT2D eigenvalue weighted by molar-refractivity contribution is -0.114. The summed E-state index contributed by atoms with van der Waals surface area (Å²) in [6.07, 6.45) is 3.65. The molecule has 3 nitrogen and oxygen atoms in total. The first-order valence-corrected chi connectivity index (χ1v) is 5.87. The number of carbonyl (C=O) groups is 1. The molecule has 0 aromatic heterocycles. The maximum atomic E-state index is 11.1. The average Bonchev–Trinajstić information content (AvgIpc) is 2.30. The molecule has 94 valence electrons. The maximum absolute atomic E-state index is 11.1. The van der Waals surface area contributed by atoms with Crippen LogP contribution in [0, 0.1) is 0 Å². The maximum Gasteiger partial charge on any atom is 0.221 e. The van der Waals surface area contributed by atoms with E-state index in [1.54, 1.807) is 6.92 Å². The summed E-state index contributed by atoms with van der Waals surface area (Å²) >= 11 is 0. The Hall–Kier alpha value is -1.06. The summed E-state index contributed by atoms with van der Waals surface area (Å²) in [6.45, 7) is 2.62. The first kappa shape index (κ1) is 14.0. The number of carbonyl (C=O) groups excluding carboxylic acids is 1. The fourth-order valence-electron chi connectivity index (χ4n) is 2.22. The molecule has 1 aliphatic heterocycles. The molecule has 0 saturated carbocycles. The Bertz CT molecular complexity index is 375. The number of halogens is 1. The smallest absolute Gasteiger partial charge is 0.221 e. The molecule has 0 unspecified atom stereocenters. The highest BCUT2D eigenvalue weighted by molar-refractivity contribution is 5.89. The number of hydrogen-bond acceptors (Lipinski definition) is 2. The molecule has 1 amide bonds. The van der Waals surface area contributed by atoms with Crippen molar-refractivity contribution in [3.63, 3.8) is 0 Å². The van der Waals surface area contributed by atoms with Crippen molar-refractivity contribution in [1.82, 2.24) is 5.32 Å². The van der Waals surface area contributed by atoms with Gasteiger partial charge >= 0.3 is 0 Å². The van der Waals surface area contributed by atoms with E-state index in [1.807, 2.05) is 18.2 Å². The Morgan fingerprint density at radius 1 is 1.35 bits per heavy atom. The van der Waals surface area contributed by atoms with Crippen LogP contribution in [0.4, 0.5) is 5.69 Å². The molecule has 1 atom stereocenters. The Balaban J connectivity index is 0.00000144. The second-order valence-corrected chi connectivity index (χ2v) is 4.27. The molecule has 0 radical (unpaired) electrons. The predicted molar refractivity (Wildman–Crippen MR) is 72.6 cm³/mol. The van der Waals surface area contributed by atoms with Crippen LogP contribution < -0.4 is 10.6 Å². The average molecular weight is 255 g/mol. The SMILES string of the molecule is CC(=O)Nc1ccccc1[C@@H]1CCCCN1.Cl. The zero-order valence-corrected chi connectivity index (χ0v) is 10.8. The molecule has 4 heteroatoms. The first-order valence-electron chi connectivity index (χ1n) is 5.87. The lowest BCUT2D eigenvalue weighted by atomic mass is 9.96. The minimum Gasteiger partial charge on any atom is -0.326 e. The van der Waals surface area contributed by atoms with Gasteiger partial charge in [0.2, 0.25) is 5.91 Å². The quantitative estimate of drug-likeness (QED) is 0.852. The van der Waals surface area contributed by atoms with Crippen molar-refractivity contribution in [3.8, 4) is 0 Å². The van der Waals surface area contributed by atoms with Gasteiger partial charge in [0, 0.05) is 18.7 Å². The molecule has 1 saturated heterocycles. The highest BCUT2D eigenvalue weighted by Gasteiger charge is 2.17. The molecule has 1 heterocycles. The summed E-state index contributed by atoms with van der Waals surface area (Å²) in [5.41, 5.74) is 2.15. The van der Waals surface area contributed by atoms with E-state index in [9.17, 15) is 4.79 Å². The topological polar surface area (TPSA) is 41.1 Å². The van der Waals surface area contributed by atoms with Crippen LogP contribution >= 0.6 is 12.4 Å². The van der Waals surface area contributed by atoms with E-state index in [-0.39, 0.29) is 18.3 Å². The van der Waals surface area contributed by atoms with E-state index < -0.39 is 0 Å². The van der Waals surface area contributed by atoms with Crippen molar-refractivity contribution < 1.29 is 4.79 Å². The zero-order chi connectivity index (χ0) is 11.4. The van der Waals surface area contributed by atoms with Gasteiger partial charge in [0.1, 0.15) is 0 Å². The zero-order valence-electron chi connectivity index (χ0n) is 10.0. The lowest BCUT2D eigenvalue weighted by Crippen LogP contribution is -2.27. The van der Waals surface area contributed by atoms with Gasteiger partial charge in [-0.1, -0.05) is 24.6 Å². The van der Waals surface area contributed by atoms with Crippen molar-refractivity contribution in [2.45, 2.75) is 32.2 Å². The minimum atomic E-state index is -0.0109. The number of rotatable bonds is 2. The van der Waals surface area contributed by atoms with Crippen LogP contribution in [0.3, 0.4) is 0 Å². The summed E-state index contributed by atoms with van der Waals surface area (Å²) in [5, 5.41) is 6.39. The van der Waals surface area contributed by atoms with E-state index in [0.717, 1.165) is 18.7 Å². The lowest BCUT2D eigenvalue weighted by Gasteiger charge is -2.25. The standard InChI is InChI=1S/C13H18N2O.ClH/c1-10(16)15-13-8-3-2-6-11(13)12-7-4-5-9-14-12;/h2-3,6,8,12,14H,4-5,7,9H2,1H3,(H,15,16);1H/t12-;/m0./s1. The number of hydrogen-bond donors (Lipinski definition) is 2. The second kappa shape index (κ2) is 6.62. The van der Waals surface area contributed by atoms with Crippen molar-refractivity contribution in [3.05, 3.63) is 29.8 Å². The van der Waals surface area contributed by atoms with E-state index >= 15 is 0 Å².